The molecular weight excluding hydrogens is 342 g/mol. The second-order valence-corrected chi connectivity index (χ2v) is 6.22. The van der Waals surface area contributed by atoms with E-state index in [1.165, 1.54) is 0 Å². The van der Waals surface area contributed by atoms with E-state index >= 15 is 0 Å². The number of rotatable bonds is 2. The van der Waals surface area contributed by atoms with E-state index in [1.807, 2.05) is 18.2 Å². The molecule has 3 rings (SSSR count). The molecule has 2 N–H and O–H groups in total. The average Bonchev–Trinajstić information content (AvgIpc) is 2.85. The first kappa shape index (κ1) is 13.4. The van der Waals surface area contributed by atoms with Crippen LogP contribution < -0.4 is 10.6 Å². The molecule has 0 spiro atoms. The summed E-state index contributed by atoms with van der Waals surface area (Å²) in [6.07, 6.45) is 1.69. The zero-order chi connectivity index (χ0) is 14.1. The van der Waals surface area contributed by atoms with E-state index in [0.717, 1.165) is 27.1 Å². The summed E-state index contributed by atoms with van der Waals surface area (Å²) < 4.78 is 0.882. The molecule has 0 aliphatic carbocycles. The first-order valence-corrected chi connectivity index (χ1v) is 7.70. The van der Waals surface area contributed by atoms with Crippen molar-refractivity contribution in [3.8, 4) is 0 Å². The van der Waals surface area contributed by atoms with Gasteiger partial charge in [-0.3, -0.25) is 14.6 Å². The second-order valence-electron chi connectivity index (χ2n) is 4.32. The minimum atomic E-state index is -0.488. The van der Waals surface area contributed by atoms with Crippen molar-refractivity contribution in [3.05, 3.63) is 34.9 Å². The standard InChI is InChI=1S/C13H10BrN3O2S/c14-8-4-7-2-1-3-9(11(7)15-5-8)16-12(18)10-6-20-13(19)17-10/h1-5,10H,6H2,(H,16,18)(H,17,19). The van der Waals surface area contributed by atoms with Crippen LogP contribution in [0.2, 0.25) is 0 Å². The lowest BCUT2D eigenvalue weighted by atomic mass is 10.2. The molecule has 1 saturated heterocycles. The number of halogens is 1. The molecule has 0 bridgehead atoms. The van der Waals surface area contributed by atoms with Gasteiger partial charge in [0.1, 0.15) is 6.04 Å². The summed E-state index contributed by atoms with van der Waals surface area (Å²) in [6, 6.07) is 7.03. The van der Waals surface area contributed by atoms with Crippen LogP contribution in [-0.4, -0.2) is 27.9 Å². The zero-order valence-electron chi connectivity index (χ0n) is 10.2. The number of nitrogens with one attached hydrogen (secondary N) is 2. The zero-order valence-corrected chi connectivity index (χ0v) is 12.6. The maximum atomic E-state index is 12.1. The van der Waals surface area contributed by atoms with Gasteiger partial charge >= 0.3 is 0 Å². The van der Waals surface area contributed by atoms with Crippen LogP contribution in [0, 0.1) is 0 Å². The Morgan fingerprint density at radius 3 is 3.10 bits per heavy atom. The minimum Gasteiger partial charge on any atom is -0.334 e. The summed E-state index contributed by atoms with van der Waals surface area (Å²) in [5, 5.41) is 6.21. The number of fused-ring (bicyclic) bond motifs is 1. The van der Waals surface area contributed by atoms with Gasteiger partial charge in [0.15, 0.2) is 0 Å². The first-order chi connectivity index (χ1) is 9.63. The minimum absolute atomic E-state index is 0.162. The number of carbonyl (C=O) groups is 2. The van der Waals surface area contributed by atoms with Gasteiger partial charge in [-0.05, 0) is 28.1 Å². The Morgan fingerprint density at radius 2 is 2.35 bits per heavy atom. The molecular formula is C13H10BrN3O2S. The molecule has 1 aliphatic heterocycles. The summed E-state index contributed by atoms with van der Waals surface area (Å²) in [5.41, 5.74) is 1.37. The van der Waals surface area contributed by atoms with Crippen LogP contribution in [0.5, 0.6) is 0 Å². The van der Waals surface area contributed by atoms with Gasteiger partial charge in [0.2, 0.25) is 5.91 Å². The number of nitrogens with zero attached hydrogens (tertiary/aromatic N) is 1. The number of thioether (sulfide) groups is 1. The predicted octanol–water partition coefficient (Wildman–Crippen LogP) is 2.76. The Morgan fingerprint density at radius 1 is 1.50 bits per heavy atom. The number of benzene rings is 1. The van der Waals surface area contributed by atoms with Gasteiger partial charge in [-0.25, -0.2) is 0 Å². The first-order valence-electron chi connectivity index (χ1n) is 5.92. The van der Waals surface area contributed by atoms with Gasteiger partial charge < -0.3 is 10.6 Å². The number of pyridine rings is 1. The molecule has 1 atom stereocenters. The second kappa shape index (κ2) is 5.41. The molecule has 102 valence electrons. The van der Waals surface area contributed by atoms with Crippen molar-refractivity contribution in [2.75, 3.05) is 11.1 Å². The molecule has 1 unspecified atom stereocenters. The molecule has 0 radical (unpaired) electrons. The lowest BCUT2D eigenvalue weighted by molar-refractivity contribution is -0.117. The van der Waals surface area contributed by atoms with Gasteiger partial charge in [0.25, 0.3) is 5.24 Å². The summed E-state index contributed by atoms with van der Waals surface area (Å²) in [4.78, 5) is 27.5. The summed E-state index contributed by atoms with van der Waals surface area (Å²) in [7, 11) is 0. The number of aromatic nitrogens is 1. The quantitative estimate of drug-likeness (QED) is 0.872. The molecule has 1 fully saturated rings. The largest absolute Gasteiger partial charge is 0.334 e. The average molecular weight is 352 g/mol. The summed E-state index contributed by atoms with van der Waals surface area (Å²) >= 11 is 4.49. The number of hydrogen-bond donors (Lipinski definition) is 2. The van der Waals surface area contributed by atoms with Gasteiger partial charge in [-0.15, -0.1) is 0 Å². The molecule has 1 aromatic carbocycles. The fraction of sp³-hybridized carbons (Fsp3) is 0.154. The molecule has 0 saturated carbocycles. The van der Waals surface area contributed by atoms with Crippen molar-refractivity contribution in [2.24, 2.45) is 0 Å². The molecule has 1 aliphatic rings. The van der Waals surface area contributed by atoms with Crippen LogP contribution in [0.15, 0.2) is 34.9 Å². The molecule has 5 nitrogen and oxygen atoms in total. The van der Waals surface area contributed by atoms with Crippen molar-refractivity contribution in [1.29, 1.82) is 0 Å². The molecule has 20 heavy (non-hydrogen) atoms. The van der Waals surface area contributed by atoms with Gasteiger partial charge in [0.05, 0.1) is 11.2 Å². The van der Waals surface area contributed by atoms with E-state index in [2.05, 4.69) is 31.5 Å². The van der Waals surface area contributed by atoms with Crippen LogP contribution in [0.3, 0.4) is 0 Å². The maximum absolute atomic E-state index is 12.1. The highest BCUT2D eigenvalue weighted by Crippen LogP contribution is 2.24. The molecule has 7 heteroatoms. The third-order valence-electron chi connectivity index (χ3n) is 2.93. The third kappa shape index (κ3) is 2.64. The van der Waals surface area contributed by atoms with E-state index in [0.29, 0.717) is 11.4 Å². The Labute approximate surface area is 127 Å². The third-order valence-corrected chi connectivity index (χ3v) is 4.24. The Hall–Kier alpha value is -1.60. The van der Waals surface area contributed by atoms with Crippen LogP contribution in [0.1, 0.15) is 0 Å². The van der Waals surface area contributed by atoms with Crippen LogP contribution in [-0.2, 0) is 4.79 Å². The van der Waals surface area contributed by atoms with Crippen LogP contribution in [0.4, 0.5) is 10.5 Å². The van der Waals surface area contributed by atoms with E-state index in [1.54, 1.807) is 12.3 Å². The van der Waals surface area contributed by atoms with Crippen molar-refractivity contribution in [1.82, 2.24) is 10.3 Å². The smallest absolute Gasteiger partial charge is 0.279 e. The highest BCUT2D eigenvalue weighted by Gasteiger charge is 2.28. The Balaban J connectivity index is 1.87. The fourth-order valence-corrected chi connectivity index (χ4v) is 3.11. The number of amides is 2. The number of hydrogen-bond acceptors (Lipinski definition) is 4. The molecule has 1 aromatic heterocycles. The van der Waals surface area contributed by atoms with E-state index in [4.69, 9.17) is 0 Å². The summed E-state index contributed by atoms with van der Waals surface area (Å²) in [6.45, 7) is 0. The van der Waals surface area contributed by atoms with E-state index < -0.39 is 6.04 Å². The van der Waals surface area contributed by atoms with Crippen LogP contribution >= 0.6 is 27.7 Å². The van der Waals surface area contributed by atoms with E-state index in [-0.39, 0.29) is 11.1 Å². The van der Waals surface area contributed by atoms with Crippen LogP contribution in [0.25, 0.3) is 10.9 Å². The Bertz CT molecular complexity index is 707. The maximum Gasteiger partial charge on any atom is 0.279 e. The highest BCUT2D eigenvalue weighted by atomic mass is 79.9. The SMILES string of the molecule is O=C1NC(C(=O)Nc2cccc3cc(Br)cnc23)CS1. The molecule has 2 heterocycles. The fourth-order valence-electron chi connectivity index (χ4n) is 1.98. The summed E-state index contributed by atoms with van der Waals surface area (Å²) in [5.74, 6) is 0.231. The number of para-hydroxylation sites is 1. The van der Waals surface area contributed by atoms with Crippen molar-refractivity contribution >= 4 is 55.4 Å². The van der Waals surface area contributed by atoms with Crippen molar-refractivity contribution in [3.63, 3.8) is 0 Å². The van der Waals surface area contributed by atoms with Gasteiger partial charge in [-0.1, -0.05) is 23.9 Å². The lowest BCUT2D eigenvalue weighted by Gasteiger charge is -2.11. The monoisotopic (exact) mass is 351 g/mol. The topological polar surface area (TPSA) is 71.1 Å². The predicted molar refractivity (Wildman–Crippen MR) is 82.9 cm³/mol. The van der Waals surface area contributed by atoms with Gasteiger partial charge in [-0.2, -0.15) is 0 Å². The molecule has 2 aromatic rings. The van der Waals surface area contributed by atoms with Crippen molar-refractivity contribution in [2.45, 2.75) is 6.04 Å². The Kier molecular flexibility index (Phi) is 3.62. The normalized spacial score (nSPS) is 18.1. The van der Waals surface area contributed by atoms with E-state index in [9.17, 15) is 9.59 Å². The number of anilines is 1. The molecule has 2 amide bonds. The number of carbonyl (C=O) groups excluding carboxylic acids is 2. The van der Waals surface area contributed by atoms with Gasteiger partial charge in [0, 0.05) is 21.8 Å². The highest BCUT2D eigenvalue weighted by molar-refractivity contribution is 9.10. The van der Waals surface area contributed by atoms with Crippen molar-refractivity contribution < 1.29 is 9.59 Å². The lowest BCUT2D eigenvalue weighted by Crippen LogP contribution is -2.38.